The van der Waals surface area contributed by atoms with Gasteiger partial charge in [0.25, 0.3) is 0 Å². The summed E-state index contributed by atoms with van der Waals surface area (Å²) in [6.45, 7) is 4.73. The third kappa shape index (κ3) is 6.75. The van der Waals surface area contributed by atoms with Crippen LogP contribution in [0.1, 0.15) is 25.8 Å². The van der Waals surface area contributed by atoms with E-state index in [2.05, 4.69) is 4.74 Å². The summed E-state index contributed by atoms with van der Waals surface area (Å²) in [5.41, 5.74) is 2.12. The summed E-state index contributed by atoms with van der Waals surface area (Å²) >= 11 is 0. The largest absolute Gasteiger partial charge is 0.469 e. The smallest absolute Gasteiger partial charge is 0.307 e. The van der Waals surface area contributed by atoms with E-state index in [-0.39, 0.29) is 18.3 Å². The third-order valence-corrected chi connectivity index (χ3v) is 3.05. The van der Waals surface area contributed by atoms with Crippen LogP contribution in [0.2, 0.25) is 0 Å². The molecule has 0 saturated carbocycles. The summed E-state index contributed by atoms with van der Waals surface area (Å²) in [6, 6.07) is 9.98. The first-order valence-corrected chi connectivity index (χ1v) is 7.07. The standard InChI is InChI=1S/C17H23NO3/c1-14(2)13-16(19)18(12-10-17(20)21-3)11-9-15-7-5-4-6-8-15/h4-8,13H,9-12H2,1-3H3. The van der Waals surface area contributed by atoms with E-state index in [4.69, 9.17) is 0 Å². The van der Waals surface area contributed by atoms with E-state index in [0.717, 1.165) is 12.0 Å². The van der Waals surface area contributed by atoms with Crippen LogP contribution in [0.4, 0.5) is 0 Å². The fraction of sp³-hybridized carbons (Fsp3) is 0.412. The van der Waals surface area contributed by atoms with Crippen LogP contribution >= 0.6 is 0 Å². The van der Waals surface area contributed by atoms with Gasteiger partial charge in [-0.25, -0.2) is 0 Å². The van der Waals surface area contributed by atoms with Crippen LogP contribution in [-0.2, 0) is 20.7 Å². The van der Waals surface area contributed by atoms with Crippen molar-refractivity contribution in [1.29, 1.82) is 0 Å². The maximum atomic E-state index is 12.2. The summed E-state index contributed by atoms with van der Waals surface area (Å²) in [5, 5.41) is 0. The van der Waals surface area contributed by atoms with Gasteiger partial charge in [-0.05, 0) is 25.8 Å². The molecule has 0 fully saturated rings. The topological polar surface area (TPSA) is 46.6 Å². The summed E-state index contributed by atoms with van der Waals surface area (Å²) in [5.74, 6) is -0.362. The van der Waals surface area contributed by atoms with E-state index in [1.165, 1.54) is 12.7 Å². The highest BCUT2D eigenvalue weighted by molar-refractivity contribution is 5.88. The highest BCUT2D eigenvalue weighted by atomic mass is 16.5. The monoisotopic (exact) mass is 289 g/mol. The summed E-state index contributed by atoms with van der Waals surface area (Å²) in [6.07, 6.45) is 2.58. The van der Waals surface area contributed by atoms with Gasteiger partial charge in [0.2, 0.25) is 5.91 Å². The minimum absolute atomic E-state index is 0.0603. The zero-order valence-corrected chi connectivity index (χ0v) is 13.0. The summed E-state index contributed by atoms with van der Waals surface area (Å²) in [7, 11) is 1.36. The van der Waals surface area contributed by atoms with Gasteiger partial charge < -0.3 is 9.64 Å². The minimum atomic E-state index is -0.301. The van der Waals surface area contributed by atoms with Crippen molar-refractivity contribution in [2.75, 3.05) is 20.2 Å². The maximum Gasteiger partial charge on any atom is 0.307 e. The zero-order chi connectivity index (χ0) is 15.7. The Morgan fingerprint density at radius 2 is 1.81 bits per heavy atom. The molecule has 1 amide bonds. The first kappa shape index (κ1) is 17.0. The highest BCUT2D eigenvalue weighted by Crippen LogP contribution is 2.04. The fourth-order valence-corrected chi connectivity index (χ4v) is 1.91. The van der Waals surface area contributed by atoms with Crippen LogP contribution in [0.3, 0.4) is 0 Å². The van der Waals surface area contributed by atoms with Gasteiger partial charge in [-0.1, -0.05) is 35.9 Å². The van der Waals surface area contributed by atoms with E-state index in [9.17, 15) is 9.59 Å². The molecule has 0 radical (unpaired) electrons. The molecule has 4 heteroatoms. The summed E-state index contributed by atoms with van der Waals surface area (Å²) in [4.78, 5) is 25.1. The van der Waals surface area contributed by atoms with E-state index in [1.807, 2.05) is 44.2 Å². The van der Waals surface area contributed by atoms with Crippen molar-refractivity contribution in [2.24, 2.45) is 0 Å². The molecule has 0 aliphatic heterocycles. The number of hydrogen-bond acceptors (Lipinski definition) is 3. The molecule has 0 aliphatic rings. The van der Waals surface area contributed by atoms with Crippen molar-refractivity contribution in [2.45, 2.75) is 26.7 Å². The number of allylic oxidation sites excluding steroid dienone is 1. The highest BCUT2D eigenvalue weighted by Gasteiger charge is 2.13. The van der Waals surface area contributed by atoms with Gasteiger partial charge in [-0.2, -0.15) is 0 Å². The number of rotatable bonds is 7. The van der Waals surface area contributed by atoms with Crippen molar-refractivity contribution < 1.29 is 14.3 Å². The minimum Gasteiger partial charge on any atom is -0.469 e. The van der Waals surface area contributed by atoms with Gasteiger partial charge in [0, 0.05) is 19.2 Å². The molecule has 0 atom stereocenters. The lowest BCUT2D eigenvalue weighted by molar-refractivity contribution is -0.141. The van der Waals surface area contributed by atoms with Crippen molar-refractivity contribution in [3.63, 3.8) is 0 Å². The van der Waals surface area contributed by atoms with Gasteiger partial charge in [-0.15, -0.1) is 0 Å². The second-order valence-corrected chi connectivity index (χ2v) is 5.11. The lowest BCUT2D eigenvalue weighted by Gasteiger charge is -2.21. The lowest BCUT2D eigenvalue weighted by Crippen LogP contribution is -2.34. The number of nitrogens with zero attached hydrogens (tertiary/aromatic N) is 1. The number of esters is 1. The molecule has 0 bridgehead atoms. The molecule has 0 aliphatic carbocycles. The van der Waals surface area contributed by atoms with E-state index >= 15 is 0 Å². The molecular formula is C17H23NO3. The molecule has 1 rings (SSSR count). The molecule has 0 N–H and O–H groups in total. The number of ether oxygens (including phenoxy) is 1. The zero-order valence-electron chi connectivity index (χ0n) is 13.0. The number of benzene rings is 1. The fourth-order valence-electron chi connectivity index (χ4n) is 1.91. The number of carbonyl (C=O) groups is 2. The molecule has 0 saturated heterocycles. The van der Waals surface area contributed by atoms with E-state index in [1.54, 1.807) is 11.0 Å². The number of carbonyl (C=O) groups excluding carboxylic acids is 2. The Morgan fingerprint density at radius 1 is 1.14 bits per heavy atom. The Labute approximate surface area is 126 Å². The Morgan fingerprint density at radius 3 is 2.38 bits per heavy atom. The quantitative estimate of drug-likeness (QED) is 0.572. The van der Waals surface area contributed by atoms with Crippen molar-refractivity contribution >= 4 is 11.9 Å². The first-order valence-electron chi connectivity index (χ1n) is 7.07. The van der Waals surface area contributed by atoms with Crippen LogP contribution in [0.15, 0.2) is 42.0 Å². The molecule has 0 unspecified atom stereocenters. The second kappa shape index (κ2) is 8.95. The van der Waals surface area contributed by atoms with Gasteiger partial charge in [-0.3, -0.25) is 9.59 Å². The van der Waals surface area contributed by atoms with Crippen LogP contribution in [0, 0.1) is 0 Å². The molecule has 21 heavy (non-hydrogen) atoms. The maximum absolute atomic E-state index is 12.2. The molecular weight excluding hydrogens is 266 g/mol. The summed E-state index contributed by atoms with van der Waals surface area (Å²) < 4.78 is 4.63. The Hall–Kier alpha value is -2.10. The van der Waals surface area contributed by atoms with Crippen LogP contribution in [0.25, 0.3) is 0 Å². The average molecular weight is 289 g/mol. The van der Waals surface area contributed by atoms with Crippen molar-refractivity contribution in [1.82, 2.24) is 4.90 Å². The Kier molecular flexibility index (Phi) is 7.23. The van der Waals surface area contributed by atoms with Crippen molar-refractivity contribution in [3.05, 3.63) is 47.5 Å². The van der Waals surface area contributed by atoms with Crippen LogP contribution in [0.5, 0.6) is 0 Å². The first-order chi connectivity index (χ1) is 10.0. The van der Waals surface area contributed by atoms with Gasteiger partial charge in [0.15, 0.2) is 0 Å². The molecule has 0 spiro atoms. The van der Waals surface area contributed by atoms with E-state index in [0.29, 0.717) is 13.1 Å². The van der Waals surface area contributed by atoms with Crippen molar-refractivity contribution in [3.8, 4) is 0 Å². The molecule has 1 aromatic rings. The molecule has 4 nitrogen and oxygen atoms in total. The third-order valence-electron chi connectivity index (χ3n) is 3.05. The lowest BCUT2D eigenvalue weighted by atomic mass is 10.1. The molecule has 0 heterocycles. The SMILES string of the molecule is COC(=O)CCN(CCc1ccccc1)C(=O)C=C(C)C. The second-order valence-electron chi connectivity index (χ2n) is 5.11. The number of hydrogen-bond donors (Lipinski definition) is 0. The molecule has 114 valence electrons. The normalized spacial score (nSPS) is 9.86. The number of methoxy groups -OCH3 is 1. The Bertz CT molecular complexity index is 490. The average Bonchev–Trinajstić information content (AvgIpc) is 2.47. The Balaban J connectivity index is 2.64. The van der Waals surface area contributed by atoms with E-state index < -0.39 is 0 Å². The molecule has 0 aromatic heterocycles. The molecule has 1 aromatic carbocycles. The van der Waals surface area contributed by atoms with Crippen LogP contribution < -0.4 is 0 Å². The number of amides is 1. The van der Waals surface area contributed by atoms with Gasteiger partial charge >= 0.3 is 5.97 Å². The predicted octanol–water partition coefficient (Wildman–Crippen LogP) is 2.59. The predicted molar refractivity (Wildman–Crippen MR) is 82.8 cm³/mol. The van der Waals surface area contributed by atoms with Crippen LogP contribution in [-0.4, -0.2) is 37.0 Å². The van der Waals surface area contributed by atoms with Gasteiger partial charge in [0.1, 0.15) is 0 Å². The van der Waals surface area contributed by atoms with Gasteiger partial charge in [0.05, 0.1) is 13.5 Å².